The van der Waals surface area contributed by atoms with E-state index in [0.717, 1.165) is 0 Å². The predicted molar refractivity (Wildman–Crippen MR) is 69.4 cm³/mol. The number of aromatic carboxylic acids is 1. The van der Waals surface area contributed by atoms with Crippen LogP contribution in [0.2, 0.25) is 0 Å². The lowest BCUT2D eigenvalue weighted by Gasteiger charge is -2.07. The molecule has 1 heterocycles. The number of hydrogen-bond acceptors (Lipinski definition) is 3. The van der Waals surface area contributed by atoms with Crippen molar-refractivity contribution in [3.05, 3.63) is 28.2 Å². The molecule has 1 aromatic carbocycles. The normalized spacial score (nSPS) is 10.7. The van der Waals surface area contributed by atoms with Crippen molar-refractivity contribution in [3.63, 3.8) is 0 Å². The summed E-state index contributed by atoms with van der Waals surface area (Å²) in [6.45, 7) is 1.29. The van der Waals surface area contributed by atoms with Gasteiger partial charge < -0.3 is 10.4 Å². The highest BCUT2D eigenvalue weighted by atomic mass is 16.4. The Labute approximate surface area is 108 Å². The summed E-state index contributed by atoms with van der Waals surface area (Å²) in [5, 5.41) is 11.6. The summed E-state index contributed by atoms with van der Waals surface area (Å²) < 4.78 is 2.76. The van der Waals surface area contributed by atoms with Crippen molar-refractivity contribution in [1.29, 1.82) is 0 Å². The molecule has 0 aliphatic rings. The number of amides is 1. The number of hydrogen-bond donors (Lipinski definition) is 2. The molecule has 7 heteroatoms. The Morgan fingerprint density at radius 1 is 1.16 bits per heavy atom. The molecule has 0 spiro atoms. The maximum Gasteiger partial charge on any atom is 0.337 e. The number of rotatable bonds is 2. The average molecular weight is 263 g/mol. The lowest BCUT2D eigenvalue weighted by Crippen LogP contribution is -2.19. The number of aromatic nitrogens is 2. The SMILES string of the molecule is CC(=O)Nc1cc2c(cc1C(=O)O)n(C)c(=O)n2C. The first-order valence-electron chi connectivity index (χ1n) is 5.53. The van der Waals surface area contributed by atoms with Crippen LogP contribution < -0.4 is 11.0 Å². The van der Waals surface area contributed by atoms with Crippen LogP contribution in [0.4, 0.5) is 5.69 Å². The predicted octanol–water partition coefficient (Wildman–Crippen LogP) is 0.534. The van der Waals surface area contributed by atoms with E-state index in [-0.39, 0.29) is 22.8 Å². The molecular weight excluding hydrogens is 250 g/mol. The van der Waals surface area contributed by atoms with Crippen LogP contribution in [0.3, 0.4) is 0 Å². The molecule has 0 radical (unpaired) electrons. The molecule has 2 rings (SSSR count). The van der Waals surface area contributed by atoms with Gasteiger partial charge in [0, 0.05) is 21.0 Å². The highest BCUT2D eigenvalue weighted by Crippen LogP contribution is 2.23. The van der Waals surface area contributed by atoms with Gasteiger partial charge in [0.2, 0.25) is 5.91 Å². The second-order valence-electron chi connectivity index (χ2n) is 4.27. The number of anilines is 1. The van der Waals surface area contributed by atoms with Gasteiger partial charge in [0.05, 0.1) is 22.3 Å². The van der Waals surface area contributed by atoms with E-state index in [9.17, 15) is 14.4 Å². The van der Waals surface area contributed by atoms with E-state index in [4.69, 9.17) is 5.11 Å². The number of nitrogens with zero attached hydrogens (tertiary/aromatic N) is 2. The Bertz CT molecular complexity index is 754. The van der Waals surface area contributed by atoms with Gasteiger partial charge in [-0.15, -0.1) is 0 Å². The summed E-state index contributed by atoms with van der Waals surface area (Å²) in [4.78, 5) is 34.1. The Morgan fingerprint density at radius 2 is 1.68 bits per heavy atom. The van der Waals surface area contributed by atoms with Gasteiger partial charge in [0.15, 0.2) is 0 Å². The number of imidazole rings is 1. The van der Waals surface area contributed by atoms with Gasteiger partial charge in [0.1, 0.15) is 0 Å². The maximum absolute atomic E-state index is 11.8. The lowest BCUT2D eigenvalue weighted by atomic mass is 10.1. The van der Waals surface area contributed by atoms with Gasteiger partial charge in [-0.1, -0.05) is 0 Å². The number of aryl methyl sites for hydroxylation is 2. The van der Waals surface area contributed by atoms with Crippen molar-refractivity contribution in [2.75, 3.05) is 5.32 Å². The molecule has 2 aromatic rings. The smallest absolute Gasteiger partial charge is 0.337 e. The zero-order valence-electron chi connectivity index (χ0n) is 10.7. The molecule has 0 fully saturated rings. The summed E-state index contributed by atoms with van der Waals surface area (Å²) in [5.74, 6) is -1.54. The Balaban J connectivity index is 2.84. The quantitative estimate of drug-likeness (QED) is 0.826. The standard InChI is InChI=1S/C12H13N3O4/c1-6(16)13-8-5-10-9(4-7(8)11(17)18)14(2)12(19)15(10)3/h4-5H,1-3H3,(H,13,16)(H,17,18). The van der Waals surface area contributed by atoms with E-state index in [1.807, 2.05) is 0 Å². The number of nitrogens with one attached hydrogen (secondary N) is 1. The van der Waals surface area contributed by atoms with Gasteiger partial charge in [-0.05, 0) is 12.1 Å². The molecule has 2 N–H and O–H groups in total. The molecule has 19 heavy (non-hydrogen) atoms. The van der Waals surface area contributed by atoms with E-state index < -0.39 is 5.97 Å². The third kappa shape index (κ3) is 1.99. The van der Waals surface area contributed by atoms with Gasteiger partial charge in [-0.25, -0.2) is 9.59 Å². The van der Waals surface area contributed by atoms with E-state index in [2.05, 4.69) is 5.32 Å². The molecule has 0 aliphatic carbocycles. The highest BCUT2D eigenvalue weighted by Gasteiger charge is 2.17. The van der Waals surface area contributed by atoms with Crippen molar-refractivity contribution >= 4 is 28.6 Å². The molecule has 0 unspecified atom stereocenters. The summed E-state index contributed by atoms with van der Waals surface area (Å²) >= 11 is 0. The fraction of sp³-hybridized carbons (Fsp3) is 0.250. The van der Waals surface area contributed by atoms with Crippen LogP contribution in [-0.4, -0.2) is 26.1 Å². The second kappa shape index (κ2) is 4.27. The summed E-state index contributed by atoms with van der Waals surface area (Å²) in [7, 11) is 3.15. The van der Waals surface area contributed by atoms with Crippen LogP contribution in [0, 0.1) is 0 Å². The molecule has 1 amide bonds. The van der Waals surface area contributed by atoms with E-state index in [0.29, 0.717) is 11.0 Å². The van der Waals surface area contributed by atoms with Crippen LogP contribution in [0.25, 0.3) is 11.0 Å². The van der Waals surface area contributed by atoms with Crippen molar-refractivity contribution in [2.24, 2.45) is 14.1 Å². The Morgan fingerprint density at radius 3 is 2.16 bits per heavy atom. The summed E-state index contributed by atoms with van der Waals surface area (Å²) in [6.07, 6.45) is 0. The molecule has 0 saturated carbocycles. The van der Waals surface area contributed by atoms with E-state index >= 15 is 0 Å². The molecule has 7 nitrogen and oxygen atoms in total. The Kier molecular flexibility index (Phi) is 2.89. The first-order chi connectivity index (χ1) is 8.82. The molecule has 0 aliphatic heterocycles. The maximum atomic E-state index is 11.8. The zero-order valence-corrected chi connectivity index (χ0v) is 10.7. The summed E-state index contributed by atoms with van der Waals surface area (Å²) in [6, 6.07) is 2.87. The van der Waals surface area contributed by atoms with Gasteiger partial charge in [0.25, 0.3) is 0 Å². The monoisotopic (exact) mass is 263 g/mol. The number of carbonyl (C=O) groups is 2. The third-order valence-electron chi connectivity index (χ3n) is 2.95. The van der Waals surface area contributed by atoms with Gasteiger partial charge in [-0.3, -0.25) is 13.9 Å². The first kappa shape index (κ1) is 12.9. The second-order valence-corrected chi connectivity index (χ2v) is 4.27. The molecule has 0 atom stereocenters. The Hall–Kier alpha value is -2.57. The van der Waals surface area contributed by atoms with Crippen LogP contribution in [0.5, 0.6) is 0 Å². The summed E-state index contributed by atoms with van der Waals surface area (Å²) in [5.41, 5.74) is 0.921. The first-order valence-corrected chi connectivity index (χ1v) is 5.53. The number of carbonyl (C=O) groups excluding carboxylic acids is 1. The minimum Gasteiger partial charge on any atom is -0.478 e. The van der Waals surface area contributed by atoms with Crippen LogP contribution in [0.15, 0.2) is 16.9 Å². The van der Waals surface area contributed by atoms with Crippen molar-refractivity contribution in [3.8, 4) is 0 Å². The average Bonchev–Trinajstić information content (AvgIpc) is 2.53. The molecular formula is C12H13N3O4. The van der Waals surface area contributed by atoms with E-state index in [1.54, 1.807) is 14.1 Å². The molecule has 100 valence electrons. The fourth-order valence-corrected chi connectivity index (χ4v) is 2.02. The third-order valence-corrected chi connectivity index (χ3v) is 2.95. The van der Waals surface area contributed by atoms with Gasteiger partial charge in [-0.2, -0.15) is 0 Å². The number of benzene rings is 1. The van der Waals surface area contributed by atoms with E-state index in [1.165, 1.54) is 28.2 Å². The lowest BCUT2D eigenvalue weighted by molar-refractivity contribution is -0.114. The topological polar surface area (TPSA) is 93.3 Å². The number of carboxylic acids is 1. The van der Waals surface area contributed by atoms with Crippen LogP contribution >= 0.6 is 0 Å². The molecule has 1 aromatic heterocycles. The van der Waals surface area contributed by atoms with Crippen molar-refractivity contribution < 1.29 is 14.7 Å². The van der Waals surface area contributed by atoms with Crippen LogP contribution in [0.1, 0.15) is 17.3 Å². The molecule has 0 saturated heterocycles. The van der Waals surface area contributed by atoms with Crippen LogP contribution in [-0.2, 0) is 18.9 Å². The highest BCUT2D eigenvalue weighted by molar-refractivity contribution is 6.03. The largest absolute Gasteiger partial charge is 0.478 e. The number of fused-ring (bicyclic) bond motifs is 1. The minimum atomic E-state index is -1.16. The minimum absolute atomic E-state index is 0.0519. The van der Waals surface area contributed by atoms with Crippen molar-refractivity contribution in [2.45, 2.75) is 6.92 Å². The number of carboxylic acid groups (broad SMARTS) is 1. The van der Waals surface area contributed by atoms with Crippen molar-refractivity contribution in [1.82, 2.24) is 9.13 Å². The molecule has 0 bridgehead atoms. The fourth-order valence-electron chi connectivity index (χ4n) is 2.02. The zero-order chi connectivity index (χ0) is 14.3. The van der Waals surface area contributed by atoms with Gasteiger partial charge >= 0.3 is 11.7 Å².